The van der Waals surface area contributed by atoms with Gasteiger partial charge in [-0.3, -0.25) is 0 Å². The van der Waals surface area contributed by atoms with Gasteiger partial charge < -0.3 is 4.90 Å². The maximum absolute atomic E-state index is 2.54. The molecule has 4 aliphatic rings. The fourth-order valence-corrected chi connectivity index (χ4v) is 14.7. The summed E-state index contributed by atoms with van der Waals surface area (Å²) in [6.45, 7) is 4.55. The molecule has 12 aromatic rings. The SMILES string of the molecule is Cc1cc(-c2cccc(N(c3ccc4c(c3)C3(c5ccccc5-c5ccccc53)c3ccccc3-4)c3ccc4c(c3)C3(c5ccccc5-c5ccccc53)c3ccccc3-4)c2)cc(C)c1-c1cccc2ccccc12. The van der Waals surface area contributed by atoms with Crippen LogP contribution in [0.4, 0.5) is 17.1 Å². The second-order valence-electron chi connectivity index (χ2n) is 21.1. The normalized spacial score (nSPS) is 13.9. The molecule has 1 heteroatoms. The first-order chi connectivity index (χ1) is 37.0. The molecule has 350 valence electrons. The van der Waals surface area contributed by atoms with Crippen LogP contribution in [-0.2, 0) is 10.8 Å². The Morgan fingerprint density at radius 3 is 1.05 bits per heavy atom. The van der Waals surface area contributed by atoms with Gasteiger partial charge in [-0.25, -0.2) is 0 Å². The van der Waals surface area contributed by atoms with Crippen molar-refractivity contribution in [1.82, 2.24) is 0 Å². The van der Waals surface area contributed by atoms with E-state index in [1.54, 1.807) is 0 Å². The molecule has 0 aliphatic heterocycles. The molecule has 0 amide bonds. The number of fused-ring (bicyclic) bond motifs is 21. The molecule has 0 unspecified atom stereocenters. The van der Waals surface area contributed by atoms with E-state index in [0.717, 1.165) is 17.1 Å². The molecular formula is C74H49N. The summed E-state index contributed by atoms with van der Waals surface area (Å²) in [7, 11) is 0. The van der Waals surface area contributed by atoms with Crippen molar-refractivity contribution in [2.45, 2.75) is 24.7 Å². The predicted octanol–water partition coefficient (Wildman–Crippen LogP) is 18.9. The monoisotopic (exact) mass is 951 g/mol. The Hall–Kier alpha value is -9.30. The molecule has 0 atom stereocenters. The van der Waals surface area contributed by atoms with Crippen LogP contribution in [0.3, 0.4) is 0 Å². The average Bonchev–Trinajstić information content (AvgIpc) is 4.36. The summed E-state index contributed by atoms with van der Waals surface area (Å²) in [4.78, 5) is 2.54. The van der Waals surface area contributed by atoms with Gasteiger partial charge in [0.05, 0.1) is 10.8 Å². The maximum Gasteiger partial charge on any atom is 0.0726 e. The van der Waals surface area contributed by atoms with E-state index in [4.69, 9.17) is 0 Å². The summed E-state index contributed by atoms with van der Waals surface area (Å²) in [5, 5.41) is 2.54. The summed E-state index contributed by atoms with van der Waals surface area (Å²) in [6.07, 6.45) is 0. The number of nitrogens with zero attached hydrogens (tertiary/aromatic N) is 1. The third kappa shape index (κ3) is 5.57. The lowest BCUT2D eigenvalue weighted by atomic mass is 9.70. The lowest BCUT2D eigenvalue weighted by molar-refractivity contribution is 0.792. The molecule has 1 nitrogen and oxygen atoms in total. The van der Waals surface area contributed by atoms with E-state index in [9.17, 15) is 0 Å². The molecule has 0 saturated heterocycles. The summed E-state index contributed by atoms with van der Waals surface area (Å²) in [5.41, 5.74) is 31.0. The van der Waals surface area contributed by atoms with Gasteiger partial charge in [-0.2, -0.15) is 0 Å². The van der Waals surface area contributed by atoms with Crippen LogP contribution in [0.25, 0.3) is 77.5 Å². The van der Waals surface area contributed by atoms with E-state index >= 15 is 0 Å². The van der Waals surface area contributed by atoms with E-state index in [2.05, 4.69) is 280 Å². The lowest BCUT2D eigenvalue weighted by Gasteiger charge is -2.33. The molecule has 16 rings (SSSR count). The number of hydrogen-bond donors (Lipinski definition) is 0. The van der Waals surface area contributed by atoms with Gasteiger partial charge in [0.2, 0.25) is 0 Å². The number of benzene rings is 12. The molecule has 0 aromatic heterocycles. The Labute approximate surface area is 438 Å². The van der Waals surface area contributed by atoms with Crippen LogP contribution in [0.15, 0.2) is 261 Å². The Balaban J connectivity index is 0.937. The van der Waals surface area contributed by atoms with Crippen molar-refractivity contribution < 1.29 is 0 Å². The fraction of sp³-hybridized carbons (Fsp3) is 0.0541. The van der Waals surface area contributed by atoms with Crippen molar-refractivity contribution in [2.24, 2.45) is 0 Å². The van der Waals surface area contributed by atoms with Crippen molar-refractivity contribution >= 4 is 27.8 Å². The van der Waals surface area contributed by atoms with Gasteiger partial charge >= 0.3 is 0 Å². The Kier molecular flexibility index (Phi) is 8.79. The highest BCUT2D eigenvalue weighted by Crippen LogP contribution is 2.65. The number of hydrogen-bond acceptors (Lipinski definition) is 1. The zero-order valence-corrected chi connectivity index (χ0v) is 41.8. The number of anilines is 3. The quantitative estimate of drug-likeness (QED) is 0.166. The first-order valence-corrected chi connectivity index (χ1v) is 26.4. The molecule has 12 aromatic carbocycles. The number of aryl methyl sites for hydroxylation is 2. The Morgan fingerprint density at radius 1 is 0.253 bits per heavy atom. The van der Waals surface area contributed by atoms with E-state index in [0.29, 0.717) is 0 Å². The smallest absolute Gasteiger partial charge is 0.0726 e. The van der Waals surface area contributed by atoms with Gasteiger partial charge in [0.15, 0.2) is 0 Å². The van der Waals surface area contributed by atoms with Gasteiger partial charge in [-0.15, -0.1) is 0 Å². The van der Waals surface area contributed by atoms with Crippen LogP contribution in [0.1, 0.15) is 55.6 Å². The summed E-state index contributed by atoms with van der Waals surface area (Å²) in [5.74, 6) is 0. The highest BCUT2D eigenvalue weighted by molar-refractivity contribution is 6.01. The van der Waals surface area contributed by atoms with Crippen molar-refractivity contribution in [3.63, 3.8) is 0 Å². The molecule has 0 bridgehead atoms. The molecule has 0 N–H and O–H groups in total. The molecule has 2 spiro atoms. The molecule has 0 saturated carbocycles. The minimum Gasteiger partial charge on any atom is -0.310 e. The van der Waals surface area contributed by atoms with E-state index in [1.807, 2.05) is 0 Å². The van der Waals surface area contributed by atoms with Crippen molar-refractivity contribution in [1.29, 1.82) is 0 Å². The third-order valence-electron chi connectivity index (χ3n) is 17.5. The fourth-order valence-electron chi connectivity index (χ4n) is 14.7. The van der Waals surface area contributed by atoms with E-state index in [1.165, 1.54) is 133 Å². The second-order valence-corrected chi connectivity index (χ2v) is 21.1. The van der Waals surface area contributed by atoms with Crippen LogP contribution in [-0.4, -0.2) is 0 Å². The Bertz CT molecular complexity index is 4070. The summed E-state index contributed by atoms with van der Waals surface area (Å²) < 4.78 is 0. The van der Waals surface area contributed by atoms with Gasteiger partial charge in [-0.1, -0.05) is 224 Å². The molecule has 75 heavy (non-hydrogen) atoms. The second kappa shape index (κ2) is 15.6. The first-order valence-electron chi connectivity index (χ1n) is 26.4. The first kappa shape index (κ1) is 42.2. The van der Waals surface area contributed by atoms with E-state index < -0.39 is 10.8 Å². The van der Waals surface area contributed by atoms with Crippen molar-refractivity contribution in [3.05, 3.63) is 316 Å². The molecule has 4 aliphatic carbocycles. The predicted molar refractivity (Wildman–Crippen MR) is 312 cm³/mol. The van der Waals surface area contributed by atoms with Crippen molar-refractivity contribution in [3.8, 4) is 66.8 Å². The standard InChI is InChI=1S/C74H49N/c1-46-41-50(42-47(2)72(46)63-30-18-20-48-19-3-4-23-54(48)63)49-21-17-22-51(43-49)75(52-37-39-61-59-28-9-15-35-68(59)73(70(61)44-52)64-31-11-5-24-55(64)56-25-6-12-32-65(56)73)53-38-40-62-60-29-10-16-36-69(60)74(71(62)45-53)66-33-13-7-26-57(66)58-27-8-14-34-67(58)74/h3-45H,1-2H3. The van der Waals surface area contributed by atoms with Gasteiger partial charge in [-0.05, 0) is 183 Å². The topological polar surface area (TPSA) is 3.24 Å². The Morgan fingerprint density at radius 2 is 0.600 bits per heavy atom. The molecule has 0 fully saturated rings. The van der Waals surface area contributed by atoms with Crippen LogP contribution in [0, 0.1) is 13.8 Å². The third-order valence-corrected chi connectivity index (χ3v) is 17.5. The minimum atomic E-state index is -0.482. The molecular weight excluding hydrogens is 903 g/mol. The summed E-state index contributed by atoms with van der Waals surface area (Å²) in [6, 6.07) is 98.9. The molecule has 0 heterocycles. The number of rotatable bonds is 5. The van der Waals surface area contributed by atoms with Crippen LogP contribution < -0.4 is 4.90 Å². The average molecular weight is 952 g/mol. The zero-order chi connectivity index (χ0) is 49.6. The van der Waals surface area contributed by atoms with Crippen LogP contribution >= 0.6 is 0 Å². The largest absolute Gasteiger partial charge is 0.310 e. The van der Waals surface area contributed by atoms with Gasteiger partial charge in [0, 0.05) is 17.1 Å². The van der Waals surface area contributed by atoms with Gasteiger partial charge in [0.1, 0.15) is 0 Å². The van der Waals surface area contributed by atoms with E-state index in [-0.39, 0.29) is 0 Å². The maximum atomic E-state index is 2.54. The minimum absolute atomic E-state index is 0.482. The van der Waals surface area contributed by atoms with Crippen LogP contribution in [0.2, 0.25) is 0 Å². The molecule has 0 radical (unpaired) electrons. The zero-order valence-electron chi connectivity index (χ0n) is 41.8. The summed E-state index contributed by atoms with van der Waals surface area (Å²) >= 11 is 0. The lowest BCUT2D eigenvalue weighted by Crippen LogP contribution is -2.26. The highest BCUT2D eigenvalue weighted by atomic mass is 15.1. The van der Waals surface area contributed by atoms with Crippen molar-refractivity contribution in [2.75, 3.05) is 4.90 Å². The highest BCUT2D eigenvalue weighted by Gasteiger charge is 2.53. The van der Waals surface area contributed by atoms with Crippen LogP contribution in [0.5, 0.6) is 0 Å². The van der Waals surface area contributed by atoms with Gasteiger partial charge in [0.25, 0.3) is 0 Å².